The fourth-order valence-electron chi connectivity index (χ4n) is 1.77. The van der Waals surface area contributed by atoms with E-state index in [1.54, 1.807) is 20.8 Å². The van der Waals surface area contributed by atoms with Gasteiger partial charge >= 0.3 is 5.97 Å². The average molecular weight is 213 g/mol. The molecule has 1 saturated heterocycles. The number of carbonyl (C=O) groups excluding carboxylic acids is 2. The molecular formula is C10H15NO4. The van der Waals surface area contributed by atoms with Gasteiger partial charge in [0.25, 0.3) is 0 Å². The Bertz CT molecular complexity index is 321. The fourth-order valence-corrected chi connectivity index (χ4v) is 1.77. The largest absolute Gasteiger partial charge is 0.481 e. The third-order valence-corrected chi connectivity index (χ3v) is 2.57. The van der Waals surface area contributed by atoms with Crippen LogP contribution in [0.1, 0.15) is 33.6 Å². The monoisotopic (exact) mass is 213 g/mol. The van der Waals surface area contributed by atoms with Gasteiger partial charge in [-0.3, -0.25) is 19.3 Å². The number of likely N-dealkylation sites (tertiary alicyclic amines) is 1. The lowest BCUT2D eigenvalue weighted by atomic mass is 9.92. The van der Waals surface area contributed by atoms with Crippen LogP contribution in [0.5, 0.6) is 0 Å². The molecule has 0 bridgehead atoms. The minimum atomic E-state index is -1.01. The zero-order valence-corrected chi connectivity index (χ0v) is 9.11. The van der Waals surface area contributed by atoms with E-state index in [9.17, 15) is 14.4 Å². The van der Waals surface area contributed by atoms with Gasteiger partial charge in [0, 0.05) is 12.5 Å². The van der Waals surface area contributed by atoms with Crippen LogP contribution in [0.4, 0.5) is 0 Å². The van der Waals surface area contributed by atoms with E-state index in [0.717, 1.165) is 4.90 Å². The molecule has 1 unspecified atom stereocenters. The molecule has 15 heavy (non-hydrogen) atoms. The smallest absolute Gasteiger partial charge is 0.305 e. The normalized spacial score (nSPS) is 21.9. The van der Waals surface area contributed by atoms with Gasteiger partial charge in [-0.15, -0.1) is 0 Å². The van der Waals surface area contributed by atoms with Crippen molar-refractivity contribution in [1.82, 2.24) is 4.90 Å². The predicted octanol–water partition coefficient (Wildman–Crippen LogP) is 0.635. The van der Waals surface area contributed by atoms with Crippen molar-refractivity contribution in [2.45, 2.75) is 39.7 Å². The Morgan fingerprint density at radius 1 is 1.53 bits per heavy atom. The highest BCUT2D eigenvalue weighted by molar-refractivity contribution is 6.05. The van der Waals surface area contributed by atoms with E-state index in [2.05, 4.69) is 0 Å². The maximum Gasteiger partial charge on any atom is 0.305 e. The molecule has 1 fully saturated rings. The number of carboxylic acids is 1. The molecule has 2 amide bonds. The van der Waals surface area contributed by atoms with Crippen molar-refractivity contribution in [1.29, 1.82) is 0 Å². The molecule has 0 aliphatic carbocycles. The molecule has 0 aromatic rings. The first-order valence-electron chi connectivity index (χ1n) is 4.84. The summed E-state index contributed by atoms with van der Waals surface area (Å²) in [5.41, 5.74) is -0.691. The minimum Gasteiger partial charge on any atom is -0.481 e. The molecule has 5 nitrogen and oxygen atoms in total. The fraction of sp³-hybridized carbons (Fsp3) is 0.700. The molecule has 1 aliphatic rings. The molecule has 1 aliphatic heterocycles. The summed E-state index contributed by atoms with van der Waals surface area (Å²) >= 11 is 0. The maximum atomic E-state index is 11.8. The van der Waals surface area contributed by atoms with E-state index in [4.69, 9.17) is 5.11 Å². The van der Waals surface area contributed by atoms with Crippen LogP contribution in [0, 0.1) is 5.41 Å². The molecular weight excluding hydrogens is 198 g/mol. The number of carbonyl (C=O) groups is 3. The highest BCUT2D eigenvalue weighted by Gasteiger charge is 2.46. The van der Waals surface area contributed by atoms with E-state index < -0.39 is 17.4 Å². The van der Waals surface area contributed by atoms with Crippen molar-refractivity contribution in [3.05, 3.63) is 0 Å². The molecule has 1 atom stereocenters. The summed E-state index contributed by atoms with van der Waals surface area (Å²) in [7, 11) is 0. The number of rotatable bonds is 3. The highest BCUT2D eigenvalue weighted by Crippen LogP contribution is 2.33. The third-order valence-electron chi connectivity index (χ3n) is 2.57. The summed E-state index contributed by atoms with van der Waals surface area (Å²) in [6, 6.07) is -0.565. The van der Waals surface area contributed by atoms with E-state index in [-0.39, 0.29) is 24.7 Å². The molecule has 84 valence electrons. The van der Waals surface area contributed by atoms with Crippen LogP contribution >= 0.6 is 0 Å². The number of imide groups is 1. The second-order valence-corrected chi connectivity index (χ2v) is 4.58. The SMILES string of the molecule is CC(CC(=O)O)N1C(=O)CC(C)(C)C1=O. The number of hydrogen-bond acceptors (Lipinski definition) is 3. The lowest BCUT2D eigenvalue weighted by Crippen LogP contribution is -2.41. The van der Waals surface area contributed by atoms with Crippen molar-refractivity contribution in [2.24, 2.45) is 5.41 Å². The Balaban J connectivity index is 2.83. The zero-order chi connectivity index (χ0) is 11.8. The molecule has 0 aromatic heterocycles. The second kappa shape index (κ2) is 3.64. The summed E-state index contributed by atoms with van der Waals surface area (Å²) in [6.07, 6.45) is -0.0383. The number of amides is 2. The number of nitrogens with zero attached hydrogens (tertiary/aromatic N) is 1. The minimum absolute atomic E-state index is 0.162. The summed E-state index contributed by atoms with van der Waals surface area (Å²) in [5, 5.41) is 8.60. The Morgan fingerprint density at radius 2 is 2.07 bits per heavy atom. The maximum absolute atomic E-state index is 11.8. The van der Waals surface area contributed by atoms with Crippen LogP contribution in [0.2, 0.25) is 0 Å². The summed E-state index contributed by atoms with van der Waals surface area (Å²) in [6.45, 7) is 4.97. The molecule has 1 heterocycles. The van der Waals surface area contributed by atoms with Crippen molar-refractivity contribution in [2.75, 3.05) is 0 Å². The quantitative estimate of drug-likeness (QED) is 0.698. The lowest BCUT2D eigenvalue weighted by Gasteiger charge is -2.23. The van der Waals surface area contributed by atoms with Crippen molar-refractivity contribution >= 4 is 17.8 Å². The van der Waals surface area contributed by atoms with Gasteiger partial charge in [0.1, 0.15) is 0 Å². The van der Waals surface area contributed by atoms with Gasteiger partial charge in [0.05, 0.1) is 11.8 Å². The third kappa shape index (κ3) is 2.16. The van der Waals surface area contributed by atoms with Crippen LogP contribution in [-0.4, -0.2) is 33.8 Å². The van der Waals surface area contributed by atoms with Gasteiger partial charge in [0.2, 0.25) is 11.8 Å². The van der Waals surface area contributed by atoms with E-state index in [0.29, 0.717) is 0 Å². The number of hydrogen-bond donors (Lipinski definition) is 1. The van der Waals surface area contributed by atoms with Gasteiger partial charge in [-0.2, -0.15) is 0 Å². The van der Waals surface area contributed by atoms with Gasteiger partial charge in [-0.1, -0.05) is 13.8 Å². The summed E-state index contributed by atoms with van der Waals surface area (Å²) < 4.78 is 0. The summed E-state index contributed by atoms with van der Waals surface area (Å²) in [5.74, 6) is -1.56. The Labute approximate surface area is 88.1 Å². The Kier molecular flexibility index (Phi) is 2.83. The van der Waals surface area contributed by atoms with Crippen molar-refractivity contribution in [3.63, 3.8) is 0 Å². The van der Waals surface area contributed by atoms with E-state index >= 15 is 0 Å². The van der Waals surface area contributed by atoms with Crippen molar-refractivity contribution < 1.29 is 19.5 Å². The molecule has 0 aromatic carbocycles. The predicted molar refractivity (Wildman–Crippen MR) is 52.0 cm³/mol. The first-order valence-corrected chi connectivity index (χ1v) is 4.84. The van der Waals surface area contributed by atoms with Crippen LogP contribution in [-0.2, 0) is 14.4 Å². The Morgan fingerprint density at radius 3 is 2.40 bits per heavy atom. The summed E-state index contributed by atoms with van der Waals surface area (Å²) in [4.78, 5) is 34.9. The number of carboxylic acid groups (broad SMARTS) is 1. The van der Waals surface area contributed by atoms with E-state index in [1.807, 2.05) is 0 Å². The lowest BCUT2D eigenvalue weighted by molar-refractivity contribution is -0.145. The van der Waals surface area contributed by atoms with Gasteiger partial charge in [-0.05, 0) is 6.92 Å². The molecule has 5 heteroatoms. The van der Waals surface area contributed by atoms with Crippen LogP contribution in [0.15, 0.2) is 0 Å². The molecule has 0 radical (unpaired) electrons. The first-order chi connectivity index (χ1) is 6.75. The average Bonchev–Trinajstić information content (AvgIpc) is 2.19. The topological polar surface area (TPSA) is 74.7 Å². The molecule has 1 N–H and O–H groups in total. The van der Waals surface area contributed by atoms with Crippen molar-refractivity contribution in [3.8, 4) is 0 Å². The Hall–Kier alpha value is -1.39. The van der Waals surface area contributed by atoms with Gasteiger partial charge < -0.3 is 5.11 Å². The standard InChI is InChI=1S/C10H15NO4/c1-6(4-8(13)14)11-7(12)5-10(2,3)9(11)15/h6H,4-5H2,1-3H3,(H,13,14). The highest BCUT2D eigenvalue weighted by atomic mass is 16.4. The van der Waals surface area contributed by atoms with Crippen LogP contribution < -0.4 is 0 Å². The van der Waals surface area contributed by atoms with Gasteiger partial charge in [0.15, 0.2) is 0 Å². The molecule has 1 rings (SSSR count). The van der Waals surface area contributed by atoms with Crippen LogP contribution in [0.3, 0.4) is 0 Å². The number of aliphatic carboxylic acids is 1. The van der Waals surface area contributed by atoms with E-state index in [1.165, 1.54) is 0 Å². The van der Waals surface area contributed by atoms with Gasteiger partial charge in [-0.25, -0.2) is 0 Å². The molecule has 0 saturated carbocycles. The second-order valence-electron chi connectivity index (χ2n) is 4.58. The molecule has 0 spiro atoms. The zero-order valence-electron chi connectivity index (χ0n) is 9.11. The first kappa shape index (κ1) is 11.7. The van der Waals surface area contributed by atoms with Crippen LogP contribution in [0.25, 0.3) is 0 Å².